The average molecular weight is 361 g/mol. The smallest absolute Gasteiger partial charge is 0.207 e. The van der Waals surface area contributed by atoms with Gasteiger partial charge in [-0.3, -0.25) is 0 Å². The molecular formula is C17H22F3NO2S. The molecular weight excluding hydrogens is 339 g/mol. The Morgan fingerprint density at radius 1 is 1.08 bits per heavy atom. The number of allylic oxidation sites excluding steroid dienone is 3. The molecule has 0 spiro atoms. The van der Waals surface area contributed by atoms with E-state index >= 15 is 0 Å². The lowest BCUT2D eigenvalue weighted by Gasteiger charge is -2.09. The van der Waals surface area contributed by atoms with Crippen LogP contribution in [0.4, 0.5) is 13.2 Å². The Morgan fingerprint density at radius 2 is 1.67 bits per heavy atom. The van der Waals surface area contributed by atoms with Crippen molar-refractivity contribution in [2.24, 2.45) is 0 Å². The molecule has 1 rings (SSSR count). The van der Waals surface area contributed by atoms with Crippen LogP contribution in [0.2, 0.25) is 0 Å². The minimum atomic E-state index is -4.49. The molecule has 0 heterocycles. The molecule has 0 saturated carbocycles. The number of benzene rings is 1. The summed E-state index contributed by atoms with van der Waals surface area (Å²) in [6, 6.07) is 3.43. The number of halogens is 3. The topological polar surface area (TPSA) is 46.2 Å². The van der Waals surface area contributed by atoms with Gasteiger partial charge in [0.05, 0.1) is 10.5 Å². The summed E-state index contributed by atoms with van der Waals surface area (Å²) >= 11 is 0. The van der Waals surface area contributed by atoms with Crippen LogP contribution in [0.5, 0.6) is 0 Å². The molecule has 0 bridgehead atoms. The summed E-state index contributed by atoms with van der Waals surface area (Å²) in [5.41, 5.74) is 1.39. The summed E-state index contributed by atoms with van der Waals surface area (Å²) in [6.45, 7) is 6.03. The monoisotopic (exact) mass is 361 g/mol. The second-order valence-corrected chi connectivity index (χ2v) is 7.51. The number of nitrogens with one attached hydrogen (secondary N) is 1. The lowest BCUT2D eigenvalue weighted by molar-refractivity contribution is -0.137. The Balaban J connectivity index is 2.65. The molecule has 0 fully saturated rings. The van der Waals surface area contributed by atoms with E-state index in [1.807, 2.05) is 20.8 Å². The molecule has 7 heteroatoms. The Bertz CT molecular complexity index is 698. The summed E-state index contributed by atoms with van der Waals surface area (Å²) < 4.78 is 63.9. The van der Waals surface area contributed by atoms with Crippen LogP contribution in [0, 0.1) is 0 Å². The molecule has 0 saturated heterocycles. The molecule has 0 aliphatic carbocycles. The van der Waals surface area contributed by atoms with Crippen molar-refractivity contribution in [1.29, 1.82) is 0 Å². The van der Waals surface area contributed by atoms with Gasteiger partial charge in [-0.1, -0.05) is 23.3 Å². The molecule has 0 aliphatic heterocycles. The summed E-state index contributed by atoms with van der Waals surface area (Å²) in [4.78, 5) is -0.189. The van der Waals surface area contributed by atoms with Crippen LogP contribution in [0.1, 0.15) is 39.2 Å². The van der Waals surface area contributed by atoms with Crippen molar-refractivity contribution >= 4 is 10.0 Å². The zero-order valence-electron chi connectivity index (χ0n) is 13.9. The Labute approximate surface area is 141 Å². The third-order valence-corrected chi connectivity index (χ3v) is 4.75. The van der Waals surface area contributed by atoms with Gasteiger partial charge in [0.25, 0.3) is 0 Å². The van der Waals surface area contributed by atoms with Crippen LogP contribution in [0.25, 0.3) is 0 Å². The van der Waals surface area contributed by atoms with Gasteiger partial charge in [0.15, 0.2) is 0 Å². The van der Waals surface area contributed by atoms with Gasteiger partial charge in [0.1, 0.15) is 0 Å². The fraction of sp³-hybridized carbons (Fsp3) is 0.412. The second kappa shape index (κ2) is 8.48. The predicted molar refractivity (Wildman–Crippen MR) is 89.1 cm³/mol. The molecule has 1 N–H and O–H groups in total. The number of hydrogen-bond donors (Lipinski definition) is 1. The first-order valence-electron chi connectivity index (χ1n) is 7.48. The molecule has 0 unspecified atom stereocenters. The zero-order valence-corrected chi connectivity index (χ0v) is 14.8. The van der Waals surface area contributed by atoms with E-state index in [1.165, 1.54) is 5.57 Å². The quantitative estimate of drug-likeness (QED) is 0.717. The van der Waals surface area contributed by atoms with Gasteiger partial charge >= 0.3 is 6.18 Å². The third-order valence-electron chi connectivity index (χ3n) is 3.31. The highest BCUT2D eigenvalue weighted by atomic mass is 32.2. The van der Waals surface area contributed by atoms with Crippen molar-refractivity contribution in [3.05, 3.63) is 53.1 Å². The second-order valence-electron chi connectivity index (χ2n) is 5.74. The van der Waals surface area contributed by atoms with Gasteiger partial charge < -0.3 is 0 Å². The summed E-state index contributed by atoms with van der Waals surface area (Å²) in [7, 11) is -3.83. The SMILES string of the molecule is CC(C)=CCC/C(C)=C/CNS(=O)(=O)c1ccc(C(F)(F)F)cc1. The van der Waals surface area contributed by atoms with Crippen molar-refractivity contribution < 1.29 is 21.6 Å². The van der Waals surface area contributed by atoms with Gasteiger partial charge in [0.2, 0.25) is 10.0 Å². The molecule has 134 valence electrons. The minimum Gasteiger partial charge on any atom is -0.207 e. The molecule has 3 nitrogen and oxygen atoms in total. The normalized spacial score (nSPS) is 13.0. The highest BCUT2D eigenvalue weighted by Gasteiger charge is 2.30. The fourth-order valence-electron chi connectivity index (χ4n) is 1.92. The number of sulfonamides is 1. The Kier molecular flexibility index (Phi) is 7.23. The van der Waals surface area contributed by atoms with Crippen molar-refractivity contribution in [3.8, 4) is 0 Å². The van der Waals surface area contributed by atoms with E-state index < -0.39 is 21.8 Å². The maximum Gasteiger partial charge on any atom is 0.416 e. The van der Waals surface area contributed by atoms with Crippen molar-refractivity contribution in [2.75, 3.05) is 6.54 Å². The molecule has 1 aromatic rings. The number of alkyl halides is 3. The summed E-state index contributed by atoms with van der Waals surface area (Å²) in [5.74, 6) is 0. The van der Waals surface area contributed by atoms with Crippen molar-refractivity contribution in [2.45, 2.75) is 44.7 Å². The van der Waals surface area contributed by atoms with Crippen molar-refractivity contribution in [1.82, 2.24) is 4.72 Å². The van der Waals surface area contributed by atoms with E-state index in [0.717, 1.165) is 42.7 Å². The number of rotatable bonds is 7. The van der Waals surface area contributed by atoms with Gasteiger partial charge in [-0.05, 0) is 57.9 Å². The summed E-state index contributed by atoms with van der Waals surface area (Å²) in [6.07, 6.45) is 1.09. The van der Waals surface area contributed by atoms with Crippen LogP contribution in [-0.2, 0) is 16.2 Å². The van der Waals surface area contributed by atoms with E-state index in [-0.39, 0.29) is 11.4 Å². The van der Waals surface area contributed by atoms with Gasteiger partial charge in [-0.2, -0.15) is 13.2 Å². The lowest BCUT2D eigenvalue weighted by atomic mass is 10.1. The number of hydrogen-bond acceptors (Lipinski definition) is 2. The maximum atomic E-state index is 12.5. The largest absolute Gasteiger partial charge is 0.416 e. The predicted octanol–water partition coefficient (Wildman–Crippen LogP) is 4.68. The molecule has 24 heavy (non-hydrogen) atoms. The van der Waals surface area contributed by atoms with E-state index in [9.17, 15) is 21.6 Å². The van der Waals surface area contributed by atoms with Gasteiger partial charge in [-0.25, -0.2) is 13.1 Å². The zero-order chi connectivity index (χ0) is 18.4. The molecule has 0 radical (unpaired) electrons. The van der Waals surface area contributed by atoms with Crippen molar-refractivity contribution in [3.63, 3.8) is 0 Å². The third kappa shape index (κ3) is 6.88. The van der Waals surface area contributed by atoms with Crippen LogP contribution in [-0.4, -0.2) is 15.0 Å². The minimum absolute atomic E-state index is 0.101. The Morgan fingerprint density at radius 3 is 2.17 bits per heavy atom. The Hall–Kier alpha value is -1.60. The van der Waals surface area contributed by atoms with Crippen LogP contribution in [0.15, 0.2) is 52.5 Å². The fourth-order valence-corrected chi connectivity index (χ4v) is 2.89. The van der Waals surface area contributed by atoms with Crippen LogP contribution >= 0.6 is 0 Å². The first kappa shape index (κ1) is 20.4. The first-order valence-corrected chi connectivity index (χ1v) is 8.96. The van der Waals surface area contributed by atoms with E-state index in [2.05, 4.69) is 10.8 Å². The lowest BCUT2D eigenvalue weighted by Crippen LogP contribution is -2.24. The molecule has 1 aromatic carbocycles. The van der Waals surface area contributed by atoms with Gasteiger partial charge in [-0.15, -0.1) is 0 Å². The molecule has 0 aliphatic rings. The van der Waals surface area contributed by atoms with E-state index in [0.29, 0.717) is 0 Å². The highest BCUT2D eigenvalue weighted by Crippen LogP contribution is 2.29. The van der Waals surface area contributed by atoms with E-state index in [4.69, 9.17) is 0 Å². The van der Waals surface area contributed by atoms with E-state index in [1.54, 1.807) is 6.08 Å². The van der Waals surface area contributed by atoms with Crippen LogP contribution in [0.3, 0.4) is 0 Å². The molecule has 0 atom stereocenters. The average Bonchev–Trinajstić information content (AvgIpc) is 2.46. The molecule has 0 amide bonds. The van der Waals surface area contributed by atoms with Crippen LogP contribution < -0.4 is 4.72 Å². The van der Waals surface area contributed by atoms with Gasteiger partial charge in [0, 0.05) is 6.54 Å². The maximum absolute atomic E-state index is 12.5. The standard InChI is InChI=1S/C17H22F3NO2S/c1-13(2)5-4-6-14(3)11-12-21-24(22,23)16-9-7-15(8-10-16)17(18,19)20/h5,7-11,21H,4,6,12H2,1-3H3/b14-11+. The summed E-state index contributed by atoms with van der Waals surface area (Å²) in [5, 5.41) is 0. The highest BCUT2D eigenvalue weighted by molar-refractivity contribution is 7.89. The molecule has 0 aromatic heterocycles. The first-order chi connectivity index (χ1) is 11.0.